The minimum Gasteiger partial charge on any atom is -0.293 e. The van der Waals surface area contributed by atoms with E-state index in [0.29, 0.717) is 22.2 Å². The molecule has 0 saturated carbocycles. The zero-order valence-electron chi connectivity index (χ0n) is 12.1. The smallest absolute Gasteiger partial charge is 0.178 e. The van der Waals surface area contributed by atoms with Crippen molar-refractivity contribution in [2.24, 2.45) is 7.05 Å². The summed E-state index contributed by atoms with van der Waals surface area (Å²) in [5.41, 5.74) is 2.69. The van der Waals surface area contributed by atoms with Crippen LogP contribution >= 0.6 is 11.6 Å². The summed E-state index contributed by atoms with van der Waals surface area (Å²) < 4.78 is 1.67. The van der Waals surface area contributed by atoms with Gasteiger partial charge in [-0.05, 0) is 18.2 Å². The van der Waals surface area contributed by atoms with Crippen LogP contribution in [0.5, 0.6) is 0 Å². The van der Waals surface area contributed by atoms with Crippen molar-refractivity contribution in [1.29, 1.82) is 0 Å². The number of nitrogens with zero attached hydrogens (tertiary/aromatic N) is 4. The standard InChI is InChI=1S/C16H13ClN4O/c1-10(22)14-7-15(11-3-5-13(17)6-4-11)20-16(19-14)12-8-18-21(2)9-12/h3-9H,1-2H3. The first-order valence-corrected chi connectivity index (χ1v) is 7.06. The van der Waals surface area contributed by atoms with Crippen molar-refractivity contribution >= 4 is 17.4 Å². The lowest BCUT2D eigenvalue weighted by Crippen LogP contribution is -2.02. The highest BCUT2D eigenvalue weighted by Crippen LogP contribution is 2.23. The number of rotatable bonds is 3. The van der Waals surface area contributed by atoms with Gasteiger partial charge in [-0.25, -0.2) is 9.97 Å². The van der Waals surface area contributed by atoms with E-state index in [1.165, 1.54) is 6.92 Å². The Bertz CT molecular complexity index is 840. The van der Waals surface area contributed by atoms with Crippen LogP contribution in [0.2, 0.25) is 5.02 Å². The van der Waals surface area contributed by atoms with Gasteiger partial charge in [-0.2, -0.15) is 5.10 Å². The zero-order valence-corrected chi connectivity index (χ0v) is 12.9. The summed E-state index contributed by atoms with van der Waals surface area (Å²) in [6.07, 6.45) is 3.48. The van der Waals surface area contributed by atoms with E-state index in [0.717, 1.165) is 11.1 Å². The third-order valence-corrected chi connectivity index (χ3v) is 3.44. The number of Topliss-reactive ketones (excluding diaryl/α,β-unsaturated/α-hetero) is 1. The number of benzene rings is 1. The van der Waals surface area contributed by atoms with Crippen molar-refractivity contribution in [2.45, 2.75) is 6.92 Å². The number of aryl methyl sites for hydroxylation is 1. The van der Waals surface area contributed by atoms with Crippen LogP contribution in [-0.4, -0.2) is 25.5 Å². The molecule has 0 aliphatic carbocycles. The molecule has 2 heterocycles. The minimum absolute atomic E-state index is 0.109. The second-order valence-corrected chi connectivity index (χ2v) is 5.36. The number of hydrogen-bond acceptors (Lipinski definition) is 4. The summed E-state index contributed by atoms with van der Waals surface area (Å²) in [6, 6.07) is 8.99. The topological polar surface area (TPSA) is 60.7 Å². The maximum Gasteiger partial charge on any atom is 0.178 e. The quantitative estimate of drug-likeness (QED) is 0.695. The van der Waals surface area contributed by atoms with Crippen LogP contribution in [0.15, 0.2) is 42.7 Å². The highest BCUT2D eigenvalue weighted by Gasteiger charge is 2.12. The van der Waals surface area contributed by atoms with Crippen molar-refractivity contribution in [3.63, 3.8) is 0 Å². The molecule has 3 aromatic rings. The SMILES string of the molecule is CC(=O)c1cc(-c2ccc(Cl)cc2)nc(-c2cnn(C)c2)n1. The Morgan fingerprint density at radius 2 is 1.86 bits per heavy atom. The molecule has 5 nitrogen and oxygen atoms in total. The van der Waals surface area contributed by atoms with Crippen LogP contribution < -0.4 is 0 Å². The van der Waals surface area contributed by atoms with Crippen molar-refractivity contribution in [1.82, 2.24) is 19.7 Å². The number of hydrogen-bond donors (Lipinski definition) is 0. The molecule has 110 valence electrons. The van der Waals surface area contributed by atoms with E-state index >= 15 is 0 Å². The first kappa shape index (κ1) is 14.4. The average Bonchev–Trinajstić information content (AvgIpc) is 2.94. The fourth-order valence-electron chi connectivity index (χ4n) is 2.06. The Morgan fingerprint density at radius 3 is 2.45 bits per heavy atom. The summed E-state index contributed by atoms with van der Waals surface area (Å²) in [5, 5.41) is 4.77. The van der Waals surface area contributed by atoms with Crippen molar-refractivity contribution in [3.05, 3.63) is 53.4 Å². The molecule has 0 amide bonds. The Morgan fingerprint density at radius 1 is 1.14 bits per heavy atom. The van der Waals surface area contributed by atoms with E-state index in [-0.39, 0.29) is 5.78 Å². The molecular formula is C16H13ClN4O. The molecule has 0 aliphatic rings. The summed E-state index contributed by atoms with van der Waals surface area (Å²) >= 11 is 5.91. The van der Waals surface area contributed by atoms with Crippen LogP contribution in [0.4, 0.5) is 0 Å². The van der Waals surface area contributed by atoms with E-state index < -0.39 is 0 Å². The van der Waals surface area contributed by atoms with E-state index in [9.17, 15) is 4.79 Å². The third-order valence-electron chi connectivity index (χ3n) is 3.19. The summed E-state index contributed by atoms with van der Waals surface area (Å²) in [5.74, 6) is 0.369. The van der Waals surface area contributed by atoms with Gasteiger partial charge in [-0.15, -0.1) is 0 Å². The van der Waals surface area contributed by atoms with Gasteiger partial charge in [-0.3, -0.25) is 9.48 Å². The normalized spacial score (nSPS) is 10.7. The minimum atomic E-state index is -0.109. The predicted octanol–water partition coefficient (Wildman–Crippen LogP) is 3.40. The number of carbonyl (C=O) groups excluding carboxylic acids is 1. The number of ketones is 1. The molecule has 1 aromatic carbocycles. The molecule has 0 unspecified atom stereocenters. The second-order valence-electron chi connectivity index (χ2n) is 4.93. The molecule has 2 aromatic heterocycles. The Kier molecular flexibility index (Phi) is 3.73. The van der Waals surface area contributed by atoms with Gasteiger partial charge < -0.3 is 0 Å². The molecule has 0 bridgehead atoms. The van der Waals surface area contributed by atoms with Crippen molar-refractivity contribution in [3.8, 4) is 22.6 Å². The Balaban J connectivity index is 2.15. The highest BCUT2D eigenvalue weighted by atomic mass is 35.5. The summed E-state index contributed by atoms with van der Waals surface area (Å²) in [4.78, 5) is 20.6. The van der Waals surface area contributed by atoms with Gasteiger partial charge in [0.05, 0.1) is 17.5 Å². The summed E-state index contributed by atoms with van der Waals surface area (Å²) in [6.45, 7) is 1.49. The van der Waals surface area contributed by atoms with Crippen molar-refractivity contribution < 1.29 is 4.79 Å². The van der Waals surface area contributed by atoms with E-state index in [4.69, 9.17) is 11.6 Å². The monoisotopic (exact) mass is 312 g/mol. The molecule has 3 rings (SSSR count). The van der Waals surface area contributed by atoms with E-state index in [2.05, 4.69) is 15.1 Å². The van der Waals surface area contributed by atoms with Gasteiger partial charge in [0.2, 0.25) is 0 Å². The number of carbonyl (C=O) groups is 1. The fourth-order valence-corrected chi connectivity index (χ4v) is 2.19. The fraction of sp³-hybridized carbons (Fsp3) is 0.125. The number of halogens is 1. The van der Waals surface area contributed by atoms with Gasteiger partial charge in [-0.1, -0.05) is 23.7 Å². The highest BCUT2D eigenvalue weighted by molar-refractivity contribution is 6.30. The molecule has 0 radical (unpaired) electrons. The van der Waals surface area contributed by atoms with Crippen molar-refractivity contribution in [2.75, 3.05) is 0 Å². The summed E-state index contributed by atoms with van der Waals surface area (Å²) in [7, 11) is 1.82. The van der Waals surface area contributed by atoms with Crippen LogP contribution in [0.3, 0.4) is 0 Å². The van der Waals surface area contributed by atoms with E-state index in [1.807, 2.05) is 25.4 Å². The zero-order chi connectivity index (χ0) is 15.7. The predicted molar refractivity (Wildman–Crippen MR) is 84.7 cm³/mol. The van der Waals surface area contributed by atoms with Gasteiger partial charge in [0.1, 0.15) is 5.69 Å². The molecule has 0 saturated heterocycles. The van der Waals surface area contributed by atoms with Crippen LogP contribution in [-0.2, 0) is 7.05 Å². The Hall–Kier alpha value is -2.53. The molecular weight excluding hydrogens is 300 g/mol. The molecule has 22 heavy (non-hydrogen) atoms. The molecule has 0 aliphatic heterocycles. The third kappa shape index (κ3) is 2.89. The number of aromatic nitrogens is 4. The molecule has 0 fully saturated rings. The molecule has 0 N–H and O–H groups in total. The van der Waals surface area contributed by atoms with Gasteiger partial charge in [0, 0.05) is 30.8 Å². The molecule has 0 spiro atoms. The average molecular weight is 313 g/mol. The lowest BCUT2D eigenvalue weighted by molar-refractivity contribution is 0.101. The molecule has 0 atom stereocenters. The largest absolute Gasteiger partial charge is 0.293 e. The lowest BCUT2D eigenvalue weighted by Gasteiger charge is -2.06. The van der Waals surface area contributed by atoms with E-state index in [1.54, 1.807) is 29.1 Å². The first-order chi connectivity index (χ1) is 10.5. The van der Waals surface area contributed by atoms with Gasteiger partial charge >= 0.3 is 0 Å². The maximum absolute atomic E-state index is 11.7. The Labute approximate surface area is 132 Å². The lowest BCUT2D eigenvalue weighted by atomic mass is 10.1. The van der Waals surface area contributed by atoms with Crippen LogP contribution in [0.1, 0.15) is 17.4 Å². The second kappa shape index (κ2) is 5.69. The molecule has 6 heteroatoms. The van der Waals surface area contributed by atoms with Gasteiger partial charge in [0.15, 0.2) is 11.6 Å². The maximum atomic E-state index is 11.7. The first-order valence-electron chi connectivity index (χ1n) is 6.68. The van der Waals surface area contributed by atoms with Gasteiger partial charge in [0.25, 0.3) is 0 Å². The van der Waals surface area contributed by atoms with Crippen LogP contribution in [0, 0.1) is 0 Å². The van der Waals surface area contributed by atoms with Crippen LogP contribution in [0.25, 0.3) is 22.6 Å².